The molecule has 2 aromatic carbocycles. The van der Waals surface area contributed by atoms with Crippen LogP contribution in [0.25, 0.3) is 5.76 Å². The van der Waals surface area contributed by atoms with Crippen molar-refractivity contribution in [3.8, 4) is 23.0 Å². The SMILES string of the molecule is CCOc1cc(C2/C(=C(\O)c3ccc4c(c3)OCCO4)C(=O)C(=O)N2c2nccs2)ccc1OCCC(C)C. The number of ether oxygens (including phenoxy) is 4. The highest BCUT2D eigenvalue weighted by Crippen LogP contribution is 2.45. The molecule has 0 aliphatic carbocycles. The zero-order chi connectivity index (χ0) is 27.5. The molecule has 1 unspecified atom stereocenters. The van der Waals surface area contributed by atoms with Gasteiger partial charge in [-0.05, 0) is 55.2 Å². The highest BCUT2D eigenvalue weighted by atomic mass is 32.1. The minimum absolute atomic E-state index is 0.0530. The molecule has 3 aromatic rings. The maximum absolute atomic E-state index is 13.4. The predicted octanol–water partition coefficient (Wildman–Crippen LogP) is 5.36. The average Bonchev–Trinajstić information content (AvgIpc) is 3.55. The van der Waals surface area contributed by atoms with Gasteiger partial charge in [-0.3, -0.25) is 14.5 Å². The largest absolute Gasteiger partial charge is 0.507 e. The first-order valence-corrected chi connectivity index (χ1v) is 13.8. The summed E-state index contributed by atoms with van der Waals surface area (Å²) >= 11 is 1.23. The van der Waals surface area contributed by atoms with E-state index in [1.165, 1.54) is 16.2 Å². The molecule has 39 heavy (non-hydrogen) atoms. The Labute approximate surface area is 230 Å². The fourth-order valence-corrected chi connectivity index (χ4v) is 5.18. The van der Waals surface area contributed by atoms with E-state index in [9.17, 15) is 14.7 Å². The van der Waals surface area contributed by atoms with Gasteiger partial charge in [0.05, 0.1) is 24.8 Å². The van der Waals surface area contributed by atoms with E-state index in [2.05, 4.69) is 18.8 Å². The van der Waals surface area contributed by atoms with Gasteiger partial charge in [-0.2, -0.15) is 0 Å². The first-order chi connectivity index (χ1) is 18.9. The van der Waals surface area contributed by atoms with Gasteiger partial charge in [-0.15, -0.1) is 11.3 Å². The van der Waals surface area contributed by atoms with Crippen LogP contribution in [-0.4, -0.2) is 48.2 Å². The normalized spacial score (nSPS) is 18.1. The molecule has 1 N–H and O–H groups in total. The van der Waals surface area contributed by atoms with Crippen LogP contribution in [0.1, 0.15) is 44.4 Å². The Morgan fingerprint density at radius 1 is 1.10 bits per heavy atom. The molecule has 0 bridgehead atoms. The van der Waals surface area contributed by atoms with E-state index in [1.54, 1.807) is 48.0 Å². The molecule has 3 heterocycles. The van der Waals surface area contributed by atoms with Crippen molar-refractivity contribution in [2.75, 3.05) is 31.3 Å². The summed E-state index contributed by atoms with van der Waals surface area (Å²) in [5.41, 5.74) is 0.853. The summed E-state index contributed by atoms with van der Waals surface area (Å²) in [5, 5.41) is 13.5. The second-order valence-electron chi connectivity index (χ2n) is 9.51. The maximum atomic E-state index is 13.4. The number of Topliss-reactive ketones (excluding diaryl/α,β-unsaturated/α-hetero) is 1. The molecule has 10 heteroatoms. The van der Waals surface area contributed by atoms with Crippen LogP contribution in [0.4, 0.5) is 5.13 Å². The number of aliphatic hydroxyl groups is 1. The Balaban J connectivity index is 1.61. The first-order valence-electron chi connectivity index (χ1n) is 12.9. The van der Waals surface area contributed by atoms with Crippen molar-refractivity contribution in [1.82, 2.24) is 4.98 Å². The van der Waals surface area contributed by atoms with E-state index < -0.39 is 17.7 Å². The number of anilines is 1. The van der Waals surface area contributed by atoms with Gasteiger partial charge in [-0.25, -0.2) is 4.98 Å². The molecular formula is C29H30N2O7S. The predicted molar refractivity (Wildman–Crippen MR) is 147 cm³/mol. The number of rotatable bonds is 9. The summed E-state index contributed by atoms with van der Waals surface area (Å²) in [7, 11) is 0. The van der Waals surface area contributed by atoms with E-state index in [1.807, 2.05) is 6.92 Å². The van der Waals surface area contributed by atoms with Gasteiger partial charge in [0.15, 0.2) is 28.1 Å². The molecule has 1 amide bonds. The van der Waals surface area contributed by atoms with Gasteiger partial charge < -0.3 is 24.1 Å². The van der Waals surface area contributed by atoms with Crippen LogP contribution in [0, 0.1) is 5.92 Å². The molecule has 2 aliphatic heterocycles. The lowest BCUT2D eigenvalue weighted by Crippen LogP contribution is -2.29. The highest BCUT2D eigenvalue weighted by Gasteiger charge is 2.48. The van der Waals surface area contributed by atoms with Gasteiger partial charge in [-0.1, -0.05) is 19.9 Å². The lowest BCUT2D eigenvalue weighted by atomic mass is 9.95. The van der Waals surface area contributed by atoms with Crippen LogP contribution < -0.4 is 23.8 Å². The molecule has 0 saturated carbocycles. The number of amides is 1. The monoisotopic (exact) mass is 550 g/mol. The van der Waals surface area contributed by atoms with Crippen LogP contribution in [0.15, 0.2) is 53.5 Å². The van der Waals surface area contributed by atoms with E-state index in [4.69, 9.17) is 18.9 Å². The third kappa shape index (κ3) is 5.29. The van der Waals surface area contributed by atoms with Crippen molar-refractivity contribution >= 4 is 33.9 Å². The van der Waals surface area contributed by atoms with E-state index >= 15 is 0 Å². The van der Waals surface area contributed by atoms with Crippen LogP contribution in [0.2, 0.25) is 0 Å². The minimum Gasteiger partial charge on any atom is -0.507 e. The van der Waals surface area contributed by atoms with E-state index in [-0.39, 0.29) is 11.3 Å². The summed E-state index contributed by atoms with van der Waals surface area (Å²) < 4.78 is 23.1. The Kier molecular flexibility index (Phi) is 7.74. The zero-order valence-electron chi connectivity index (χ0n) is 22.0. The minimum atomic E-state index is -0.937. The first kappa shape index (κ1) is 26.6. The molecule has 1 saturated heterocycles. The molecule has 1 aromatic heterocycles. The molecule has 1 atom stereocenters. The van der Waals surface area contributed by atoms with Crippen molar-refractivity contribution in [3.63, 3.8) is 0 Å². The summed E-state index contributed by atoms with van der Waals surface area (Å²) in [6, 6.07) is 9.28. The Morgan fingerprint density at radius 2 is 1.90 bits per heavy atom. The summed E-state index contributed by atoms with van der Waals surface area (Å²) in [5.74, 6) is 0.650. The van der Waals surface area contributed by atoms with Crippen molar-refractivity contribution in [3.05, 3.63) is 64.7 Å². The Bertz CT molecular complexity index is 1400. The van der Waals surface area contributed by atoms with Gasteiger partial charge in [0.1, 0.15) is 19.0 Å². The lowest BCUT2D eigenvalue weighted by molar-refractivity contribution is -0.132. The molecule has 204 valence electrons. The van der Waals surface area contributed by atoms with Gasteiger partial charge in [0.2, 0.25) is 0 Å². The van der Waals surface area contributed by atoms with Crippen molar-refractivity contribution in [2.45, 2.75) is 33.2 Å². The van der Waals surface area contributed by atoms with Crippen molar-refractivity contribution < 1.29 is 33.6 Å². The molecule has 1 fully saturated rings. The average molecular weight is 551 g/mol. The summed E-state index contributed by atoms with van der Waals surface area (Å²) in [6.45, 7) is 7.84. The number of aromatic nitrogens is 1. The second-order valence-corrected chi connectivity index (χ2v) is 10.4. The lowest BCUT2D eigenvalue weighted by Gasteiger charge is -2.24. The zero-order valence-corrected chi connectivity index (χ0v) is 22.8. The number of carbonyl (C=O) groups is 2. The number of aliphatic hydroxyl groups excluding tert-OH is 1. The number of hydrogen-bond acceptors (Lipinski definition) is 9. The Hall–Kier alpha value is -4.05. The number of thiazole rings is 1. The quantitative estimate of drug-likeness (QED) is 0.215. The van der Waals surface area contributed by atoms with E-state index in [0.29, 0.717) is 71.6 Å². The number of fused-ring (bicyclic) bond motifs is 1. The van der Waals surface area contributed by atoms with Gasteiger partial charge in [0.25, 0.3) is 5.78 Å². The topological polar surface area (TPSA) is 107 Å². The number of carbonyl (C=O) groups excluding carboxylic acids is 2. The third-order valence-corrected chi connectivity index (χ3v) is 7.19. The summed E-state index contributed by atoms with van der Waals surface area (Å²) in [6.07, 6.45) is 2.45. The van der Waals surface area contributed by atoms with Crippen molar-refractivity contribution in [1.29, 1.82) is 0 Å². The van der Waals surface area contributed by atoms with Gasteiger partial charge in [0, 0.05) is 17.1 Å². The number of benzene rings is 2. The third-order valence-electron chi connectivity index (χ3n) is 6.42. The fourth-order valence-electron chi connectivity index (χ4n) is 4.51. The molecule has 9 nitrogen and oxygen atoms in total. The van der Waals surface area contributed by atoms with Crippen LogP contribution >= 0.6 is 11.3 Å². The van der Waals surface area contributed by atoms with Crippen LogP contribution in [-0.2, 0) is 9.59 Å². The van der Waals surface area contributed by atoms with Crippen LogP contribution in [0.5, 0.6) is 23.0 Å². The maximum Gasteiger partial charge on any atom is 0.301 e. The number of nitrogens with zero attached hydrogens (tertiary/aromatic N) is 2. The summed E-state index contributed by atoms with van der Waals surface area (Å²) in [4.78, 5) is 32.4. The fraction of sp³-hybridized carbons (Fsp3) is 0.345. The van der Waals surface area contributed by atoms with Crippen molar-refractivity contribution in [2.24, 2.45) is 5.92 Å². The molecular weight excluding hydrogens is 520 g/mol. The Morgan fingerprint density at radius 3 is 2.62 bits per heavy atom. The second kappa shape index (κ2) is 11.4. The molecule has 0 spiro atoms. The standard InChI is InChI=1S/C29H30N2O7S/c1-4-35-22-15-18(5-7-20(22)36-11-9-17(2)3)25-24(27(33)28(34)31(25)29-30-10-14-39-29)26(32)19-6-8-21-23(16-19)38-13-12-37-21/h5-8,10,14-17,25,32H,4,9,11-13H2,1-3H3/b26-24+. The smallest absolute Gasteiger partial charge is 0.301 e. The number of ketones is 1. The molecule has 2 aliphatic rings. The van der Waals surface area contributed by atoms with E-state index in [0.717, 1.165) is 6.42 Å². The molecule has 5 rings (SSSR count). The molecule has 0 radical (unpaired) electrons. The highest BCUT2D eigenvalue weighted by molar-refractivity contribution is 7.14. The van der Waals surface area contributed by atoms with Crippen LogP contribution in [0.3, 0.4) is 0 Å². The van der Waals surface area contributed by atoms with Gasteiger partial charge >= 0.3 is 5.91 Å². The number of hydrogen-bond donors (Lipinski definition) is 1.